The molecule has 2 aromatic heterocycles. The summed E-state index contributed by atoms with van der Waals surface area (Å²) in [6.07, 6.45) is 4.33. The molecule has 0 N–H and O–H groups in total. The quantitative estimate of drug-likeness (QED) is 0.650. The molecule has 4 heterocycles. The first kappa shape index (κ1) is 20.3. The summed E-state index contributed by atoms with van der Waals surface area (Å²) in [7, 11) is 0. The standard InChI is InChI=1S/C11H16O2S.C10H14O2S/c1-4-8-10-11(9(5-2)14-8)13-7(3)6-12-10;1-3-7-9-10(8(4-2)13-7)12-6-5-11-9/h7H,4-6H2,1-3H3;3-6H2,1-2H3. The topological polar surface area (TPSA) is 36.9 Å². The zero-order valence-electron chi connectivity index (χ0n) is 17.0. The molecule has 0 fully saturated rings. The maximum absolute atomic E-state index is 5.82. The van der Waals surface area contributed by atoms with Crippen molar-refractivity contribution in [3.8, 4) is 23.0 Å². The zero-order valence-corrected chi connectivity index (χ0v) is 18.6. The molecule has 2 aliphatic rings. The summed E-state index contributed by atoms with van der Waals surface area (Å²) in [5, 5.41) is 0. The molecule has 150 valence electrons. The van der Waals surface area contributed by atoms with Gasteiger partial charge in [0.25, 0.3) is 0 Å². The highest BCUT2D eigenvalue weighted by atomic mass is 32.1. The van der Waals surface area contributed by atoms with Crippen molar-refractivity contribution in [3.63, 3.8) is 0 Å². The summed E-state index contributed by atoms with van der Waals surface area (Å²) in [4.78, 5) is 5.30. The number of hydrogen-bond donors (Lipinski definition) is 0. The molecule has 4 nitrogen and oxygen atoms in total. The summed E-state index contributed by atoms with van der Waals surface area (Å²) in [6.45, 7) is 12.7. The van der Waals surface area contributed by atoms with Gasteiger partial charge in [-0.05, 0) is 32.6 Å². The van der Waals surface area contributed by atoms with Gasteiger partial charge in [-0.15, -0.1) is 22.7 Å². The monoisotopic (exact) mass is 410 g/mol. The van der Waals surface area contributed by atoms with Crippen molar-refractivity contribution < 1.29 is 18.9 Å². The van der Waals surface area contributed by atoms with Crippen LogP contribution in [0.25, 0.3) is 0 Å². The third kappa shape index (κ3) is 4.21. The van der Waals surface area contributed by atoms with E-state index in [0.717, 1.165) is 48.7 Å². The largest absolute Gasteiger partial charge is 0.485 e. The Morgan fingerprint density at radius 3 is 1.52 bits per heavy atom. The minimum absolute atomic E-state index is 0.187. The van der Waals surface area contributed by atoms with Crippen LogP contribution in [0, 0.1) is 0 Å². The number of fused-ring (bicyclic) bond motifs is 2. The highest BCUT2D eigenvalue weighted by Crippen LogP contribution is 2.45. The summed E-state index contributed by atoms with van der Waals surface area (Å²) < 4.78 is 22.8. The van der Waals surface area contributed by atoms with Crippen molar-refractivity contribution >= 4 is 22.7 Å². The highest BCUT2D eigenvalue weighted by molar-refractivity contribution is 7.13. The SMILES string of the molecule is CCc1sc(CC)c2c1OCC(C)O2.CCc1sc(CC)c2c1OCCO2. The van der Waals surface area contributed by atoms with Crippen molar-refractivity contribution in [1.82, 2.24) is 0 Å². The summed E-state index contributed by atoms with van der Waals surface area (Å²) >= 11 is 3.65. The Morgan fingerprint density at radius 1 is 0.667 bits per heavy atom. The highest BCUT2D eigenvalue weighted by Gasteiger charge is 2.25. The Morgan fingerprint density at radius 2 is 1.07 bits per heavy atom. The molecule has 0 amide bonds. The zero-order chi connectivity index (χ0) is 19.4. The Hall–Kier alpha value is -1.40. The van der Waals surface area contributed by atoms with Crippen LogP contribution in [0.1, 0.15) is 54.1 Å². The van der Waals surface area contributed by atoms with Gasteiger partial charge in [-0.3, -0.25) is 0 Å². The smallest absolute Gasteiger partial charge is 0.175 e. The second-order valence-corrected chi connectivity index (χ2v) is 8.94. The van der Waals surface area contributed by atoms with Gasteiger partial charge in [0, 0.05) is 0 Å². The van der Waals surface area contributed by atoms with Crippen molar-refractivity contribution in [1.29, 1.82) is 0 Å². The third-order valence-corrected chi connectivity index (χ3v) is 7.44. The minimum atomic E-state index is 0.187. The average molecular weight is 411 g/mol. The summed E-state index contributed by atoms with van der Waals surface area (Å²) in [5.74, 6) is 4.03. The van der Waals surface area contributed by atoms with Gasteiger partial charge in [-0.1, -0.05) is 27.7 Å². The second-order valence-electron chi connectivity index (χ2n) is 6.56. The molecule has 0 aliphatic carbocycles. The molecular formula is C21H30O4S2. The molecule has 0 radical (unpaired) electrons. The predicted molar refractivity (Wildman–Crippen MR) is 113 cm³/mol. The molecule has 0 bridgehead atoms. The fraction of sp³-hybridized carbons (Fsp3) is 0.619. The molecule has 6 heteroatoms. The van der Waals surface area contributed by atoms with Crippen LogP contribution in [0.2, 0.25) is 0 Å². The van der Waals surface area contributed by atoms with Gasteiger partial charge in [-0.25, -0.2) is 0 Å². The van der Waals surface area contributed by atoms with E-state index < -0.39 is 0 Å². The fourth-order valence-corrected chi connectivity index (χ4v) is 5.34. The molecule has 2 aromatic rings. The molecule has 0 saturated heterocycles. The molecule has 0 saturated carbocycles. The van der Waals surface area contributed by atoms with Crippen LogP contribution in [0.15, 0.2) is 0 Å². The van der Waals surface area contributed by atoms with E-state index in [4.69, 9.17) is 18.9 Å². The van der Waals surface area contributed by atoms with Crippen LogP contribution < -0.4 is 18.9 Å². The lowest BCUT2D eigenvalue weighted by Crippen LogP contribution is -2.25. The molecule has 0 spiro atoms. The van der Waals surface area contributed by atoms with Crippen LogP contribution >= 0.6 is 22.7 Å². The number of thiophene rings is 2. The third-order valence-electron chi connectivity index (χ3n) is 4.56. The van der Waals surface area contributed by atoms with Crippen LogP contribution in [0.3, 0.4) is 0 Å². The van der Waals surface area contributed by atoms with Crippen LogP contribution in [-0.4, -0.2) is 25.9 Å². The van der Waals surface area contributed by atoms with Gasteiger partial charge in [0.05, 0.1) is 19.5 Å². The van der Waals surface area contributed by atoms with Gasteiger partial charge in [0.2, 0.25) is 0 Å². The van der Waals surface area contributed by atoms with E-state index >= 15 is 0 Å². The number of hydrogen-bond acceptors (Lipinski definition) is 6. The normalized spacial score (nSPS) is 17.3. The molecular weight excluding hydrogens is 380 g/mol. The van der Waals surface area contributed by atoms with Crippen LogP contribution in [-0.2, 0) is 25.7 Å². The molecule has 1 atom stereocenters. The molecule has 0 aromatic carbocycles. The van der Waals surface area contributed by atoms with E-state index in [0.29, 0.717) is 19.8 Å². The maximum Gasteiger partial charge on any atom is 0.175 e. The van der Waals surface area contributed by atoms with Crippen LogP contribution in [0.4, 0.5) is 0 Å². The van der Waals surface area contributed by atoms with Crippen LogP contribution in [0.5, 0.6) is 23.0 Å². The molecule has 2 aliphatic heterocycles. The van der Waals surface area contributed by atoms with E-state index in [2.05, 4.69) is 27.7 Å². The Kier molecular flexibility index (Phi) is 6.93. The van der Waals surface area contributed by atoms with Crippen molar-refractivity contribution in [2.45, 2.75) is 66.4 Å². The summed E-state index contributed by atoms with van der Waals surface area (Å²) in [5.41, 5.74) is 0. The van der Waals surface area contributed by atoms with Crippen molar-refractivity contribution in [2.75, 3.05) is 19.8 Å². The number of ether oxygens (including phenoxy) is 4. The van der Waals surface area contributed by atoms with Crippen molar-refractivity contribution in [3.05, 3.63) is 19.5 Å². The Labute approximate surface area is 170 Å². The number of rotatable bonds is 4. The number of aryl methyl sites for hydroxylation is 4. The van der Waals surface area contributed by atoms with Gasteiger partial charge < -0.3 is 18.9 Å². The lowest BCUT2D eigenvalue weighted by molar-refractivity contribution is 0.104. The van der Waals surface area contributed by atoms with E-state index in [1.54, 1.807) is 0 Å². The lowest BCUT2D eigenvalue weighted by atomic mass is 10.2. The Bertz CT molecular complexity index is 734. The first-order valence-corrected chi connectivity index (χ1v) is 11.6. The van der Waals surface area contributed by atoms with Crippen molar-refractivity contribution in [2.24, 2.45) is 0 Å². The average Bonchev–Trinajstić information content (AvgIpc) is 3.25. The molecule has 1 unspecified atom stereocenters. The second kappa shape index (κ2) is 9.20. The molecule has 4 rings (SSSR count). The van der Waals surface area contributed by atoms with Gasteiger partial charge in [0.1, 0.15) is 25.9 Å². The summed E-state index contributed by atoms with van der Waals surface area (Å²) in [6, 6.07) is 0. The maximum atomic E-state index is 5.82. The van der Waals surface area contributed by atoms with Gasteiger partial charge in [-0.2, -0.15) is 0 Å². The fourth-order valence-electron chi connectivity index (χ4n) is 3.20. The van der Waals surface area contributed by atoms with Gasteiger partial charge >= 0.3 is 0 Å². The molecule has 27 heavy (non-hydrogen) atoms. The lowest BCUT2D eigenvalue weighted by Gasteiger charge is -2.22. The first-order valence-electron chi connectivity index (χ1n) is 9.96. The predicted octanol–water partition coefficient (Wildman–Crippen LogP) is 5.68. The Balaban J connectivity index is 0.000000156. The van der Waals surface area contributed by atoms with E-state index in [-0.39, 0.29) is 6.10 Å². The van der Waals surface area contributed by atoms with Gasteiger partial charge in [0.15, 0.2) is 23.0 Å². The first-order chi connectivity index (χ1) is 13.1. The minimum Gasteiger partial charge on any atom is -0.485 e. The van der Waals surface area contributed by atoms with E-state index in [9.17, 15) is 0 Å². The van der Waals surface area contributed by atoms with E-state index in [1.165, 1.54) is 19.5 Å². The van der Waals surface area contributed by atoms with E-state index in [1.807, 2.05) is 29.6 Å².